The highest BCUT2D eigenvalue weighted by Crippen LogP contribution is 2.52. The standard InChI is InChI=1S/C52H44N2/c1-35-18-30-48-46(32-35)44-29-28-43(34-49(44)52(48,2)3)53(40-14-8-5-9-15-40)41-24-21-38(22-25-41)39-23-31-51-47(33-39)45-16-10-11-17-50(45)54(51)42-26-19-37(20-27-42)36-12-6-4-7-13-36/h4-10,12-16,18-31,33-35H,11,17,32H2,1-3H3/t35-/m1/s1. The predicted octanol–water partition coefficient (Wildman–Crippen LogP) is 14.0. The Bertz CT molecular complexity index is 2630. The molecule has 3 aliphatic rings. The summed E-state index contributed by atoms with van der Waals surface area (Å²) in [5, 5.41) is 1.31. The molecule has 2 nitrogen and oxygen atoms in total. The molecule has 262 valence electrons. The molecular formula is C52H44N2. The first kappa shape index (κ1) is 32.5. The zero-order valence-electron chi connectivity index (χ0n) is 31.3. The van der Waals surface area contributed by atoms with Gasteiger partial charge in [-0.15, -0.1) is 0 Å². The zero-order chi connectivity index (χ0) is 36.4. The number of anilines is 3. The largest absolute Gasteiger partial charge is 0.313 e. The third-order valence-corrected chi connectivity index (χ3v) is 12.0. The molecule has 0 radical (unpaired) electrons. The van der Waals surface area contributed by atoms with Gasteiger partial charge in [0.1, 0.15) is 0 Å². The summed E-state index contributed by atoms with van der Waals surface area (Å²) in [5.41, 5.74) is 19.5. The van der Waals surface area contributed by atoms with Gasteiger partial charge in [-0.05, 0) is 130 Å². The van der Waals surface area contributed by atoms with Crippen LogP contribution in [-0.2, 0) is 11.8 Å². The molecule has 1 atom stereocenters. The number of aromatic nitrogens is 1. The molecule has 0 fully saturated rings. The molecule has 1 heterocycles. The van der Waals surface area contributed by atoms with E-state index >= 15 is 0 Å². The van der Waals surface area contributed by atoms with Crippen LogP contribution in [0.3, 0.4) is 0 Å². The van der Waals surface area contributed by atoms with Crippen molar-refractivity contribution in [2.45, 2.75) is 45.4 Å². The molecule has 0 spiro atoms. The van der Waals surface area contributed by atoms with Gasteiger partial charge in [0.25, 0.3) is 0 Å². The Morgan fingerprint density at radius 2 is 1.28 bits per heavy atom. The smallest absolute Gasteiger partial charge is 0.0538 e. The van der Waals surface area contributed by atoms with E-state index in [-0.39, 0.29) is 5.41 Å². The number of para-hydroxylation sites is 1. The molecule has 1 aromatic heterocycles. The van der Waals surface area contributed by atoms with Crippen molar-refractivity contribution in [3.8, 4) is 27.9 Å². The summed E-state index contributed by atoms with van der Waals surface area (Å²) in [4.78, 5) is 2.41. The fraction of sp³-hybridized carbons (Fsp3) is 0.154. The van der Waals surface area contributed by atoms with Crippen molar-refractivity contribution in [2.75, 3.05) is 4.90 Å². The quantitative estimate of drug-likeness (QED) is 0.168. The highest BCUT2D eigenvalue weighted by Gasteiger charge is 2.38. The van der Waals surface area contributed by atoms with Crippen molar-refractivity contribution in [3.05, 3.63) is 192 Å². The second kappa shape index (κ2) is 12.8. The monoisotopic (exact) mass is 696 g/mol. The lowest BCUT2D eigenvalue weighted by Gasteiger charge is -2.29. The van der Waals surface area contributed by atoms with Crippen LogP contribution in [0.15, 0.2) is 169 Å². The Hall–Kier alpha value is -6.12. The molecule has 2 heteroatoms. The lowest BCUT2D eigenvalue weighted by molar-refractivity contribution is 0.643. The van der Waals surface area contributed by atoms with E-state index in [1.165, 1.54) is 78.1 Å². The first-order chi connectivity index (χ1) is 26.4. The van der Waals surface area contributed by atoms with E-state index in [0.717, 1.165) is 30.6 Å². The van der Waals surface area contributed by atoms with Crippen LogP contribution in [0.2, 0.25) is 0 Å². The van der Waals surface area contributed by atoms with E-state index in [2.05, 4.69) is 200 Å². The fourth-order valence-corrected chi connectivity index (χ4v) is 9.26. The zero-order valence-corrected chi connectivity index (χ0v) is 31.3. The lowest BCUT2D eigenvalue weighted by Crippen LogP contribution is -2.18. The van der Waals surface area contributed by atoms with E-state index < -0.39 is 0 Å². The number of fused-ring (bicyclic) bond motifs is 5. The van der Waals surface area contributed by atoms with E-state index in [1.54, 1.807) is 0 Å². The van der Waals surface area contributed by atoms with E-state index in [4.69, 9.17) is 0 Å². The second-order valence-electron chi connectivity index (χ2n) is 15.8. The van der Waals surface area contributed by atoms with Crippen LogP contribution >= 0.6 is 0 Å². The second-order valence-corrected chi connectivity index (χ2v) is 15.8. The van der Waals surface area contributed by atoms with Crippen molar-refractivity contribution >= 4 is 39.6 Å². The molecular weight excluding hydrogens is 653 g/mol. The van der Waals surface area contributed by atoms with E-state index in [1.807, 2.05) is 0 Å². The molecule has 0 unspecified atom stereocenters. The number of hydrogen-bond donors (Lipinski definition) is 0. The molecule has 0 amide bonds. The molecule has 0 saturated heterocycles. The highest BCUT2D eigenvalue weighted by molar-refractivity contribution is 5.96. The molecule has 3 aliphatic carbocycles. The number of benzene rings is 6. The third kappa shape index (κ3) is 5.31. The SMILES string of the molecule is C[C@@H]1C=CC2=C(C1)c1ccc(N(c3ccccc3)c3ccc(-c4ccc5c(c4)c4c(n5-c5ccc(-c6ccccc6)cc5)CCC=C4)cc3)cc1C2(C)C. The van der Waals surface area contributed by atoms with Gasteiger partial charge in [0.15, 0.2) is 0 Å². The molecule has 7 aromatic rings. The van der Waals surface area contributed by atoms with Gasteiger partial charge in [-0.25, -0.2) is 0 Å². The van der Waals surface area contributed by atoms with Crippen molar-refractivity contribution < 1.29 is 0 Å². The van der Waals surface area contributed by atoms with Gasteiger partial charge < -0.3 is 9.47 Å². The highest BCUT2D eigenvalue weighted by atomic mass is 15.1. The average Bonchev–Trinajstić information content (AvgIpc) is 3.66. The predicted molar refractivity (Wildman–Crippen MR) is 229 cm³/mol. The minimum absolute atomic E-state index is 0.0267. The van der Waals surface area contributed by atoms with Gasteiger partial charge >= 0.3 is 0 Å². The number of nitrogens with zero attached hydrogens (tertiary/aromatic N) is 2. The van der Waals surface area contributed by atoms with Gasteiger partial charge in [-0.3, -0.25) is 0 Å². The minimum atomic E-state index is -0.0267. The number of rotatable bonds is 6. The topological polar surface area (TPSA) is 8.17 Å². The Balaban J connectivity index is 1.01. The maximum atomic E-state index is 2.48. The van der Waals surface area contributed by atoms with Crippen LogP contribution in [0.5, 0.6) is 0 Å². The fourth-order valence-electron chi connectivity index (χ4n) is 9.26. The van der Waals surface area contributed by atoms with E-state index in [9.17, 15) is 0 Å². The minimum Gasteiger partial charge on any atom is -0.313 e. The van der Waals surface area contributed by atoms with Gasteiger partial charge in [0, 0.05) is 44.8 Å². The normalized spacial score (nSPS) is 16.7. The van der Waals surface area contributed by atoms with Crippen LogP contribution in [0.25, 0.3) is 50.5 Å². The Labute approximate surface area is 319 Å². The average molecular weight is 697 g/mol. The lowest BCUT2D eigenvalue weighted by atomic mass is 9.79. The summed E-state index contributed by atoms with van der Waals surface area (Å²) in [6, 6.07) is 53.8. The molecule has 10 rings (SSSR count). The number of allylic oxidation sites excluding steroid dienone is 5. The summed E-state index contributed by atoms with van der Waals surface area (Å²) >= 11 is 0. The van der Waals surface area contributed by atoms with E-state index in [0.29, 0.717) is 5.92 Å². The molecule has 54 heavy (non-hydrogen) atoms. The Kier molecular flexibility index (Phi) is 7.70. The molecule has 0 saturated carbocycles. The number of hydrogen-bond acceptors (Lipinski definition) is 1. The van der Waals surface area contributed by atoms with Gasteiger partial charge in [0.05, 0.1) is 5.52 Å². The summed E-state index contributed by atoms with van der Waals surface area (Å²) in [5.74, 6) is 0.574. The summed E-state index contributed by atoms with van der Waals surface area (Å²) in [6.45, 7) is 7.10. The van der Waals surface area contributed by atoms with Crippen molar-refractivity contribution in [3.63, 3.8) is 0 Å². The molecule has 0 N–H and O–H groups in total. The molecule has 0 aliphatic heterocycles. The van der Waals surface area contributed by atoms with Crippen molar-refractivity contribution in [1.29, 1.82) is 0 Å². The molecule has 6 aromatic carbocycles. The van der Waals surface area contributed by atoms with Crippen LogP contribution in [0.1, 0.15) is 56.0 Å². The van der Waals surface area contributed by atoms with Crippen molar-refractivity contribution in [2.24, 2.45) is 5.92 Å². The first-order valence-electron chi connectivity index (χ1n) is 19.5. The van der Waals surface area contributed by atoms with Gasteiger partial charge in [0.2, 0.25) is 0 Å². The van der Waals surface area contributed by atoms with Crippen LogP contribution < -0.4 is 4.90 Å². The van der Waals surface area contributed by atoms with Gasteiger partial charge in [-0.2, -0.15) is 0 Å². The van der Waals surface area contributed by atoms with Crippen LogP contribution in [-0.4, -0.2) is 4.57 Å². The molecule has 0 bridgehead atoms. The summed E-state index contributed by atoms with van der Waals surface area (Å²) < 4.78 is 2.48. The first-order valence-corrected chi connectivity index (χ1v) is 19.5. The van der Waals surface area contributed by atoms with Crippen molar-refractivity contribution in [1.82, 2.24) is 4.57 Å². The van der Waals surface area contributed by atoms with Gasteiger partial charge in [-0.1, -0.05) is 130 Å². The Morgan fingerprint density at radius 1 is 0.630 bits per heavy atom. The third-order valence-electron chi connectivity index (χ3n) is 12.0. The maximum absolute atomic E-state index is 2.48. The Morgan fingerprint density at radius 3 is 2.06 bits per heavy atom. The maximum Gasteiger partial charge on any atom is 0.0538 e. The van der Waals surface area contributed by atoms with Crippen LogP contribution in [0.4, 0.5) is 17.1 Å². The summed E-state index contributed by atoms with van der Waals surface area (Å²) in [6.07, 6.45) is 12.6. The summed E-state index contributed by atoms with van der Waals surface area (Å²) in [7, 11) is 0. The van der Waals surface area contributed by atoms with Crippen LogP contribution in [0, 0.1) is 5.92 Å².